The van der Waals surface area contributed by atoms with Gasteiger partial charge in [0, 0.05) is 0 Å². The van der Waals surface area contributed by atoms with Gasteiger partial charge in [0.15, 0.2) is 0 Å². The van der Waals surface area contributed by atoms with Gasteiger partial charge in [-0.1, -0.05) is 60.1 Å². The quantitative estimate of drug-likeness (QED) is 0.228. The van der Waals surface area contributed by atoms with E-state index in [4.69, 9.17) is 4.84 Å². The van der Waals surface area contributed by atoms with Crippen molar-refractivity contribution in [2.45, 2.75) is 64.6 Å². The van der Waals surface area contributed by atoms with E-state index in [0.717, 1.165) is 59.3 Å². The van der Waals surface area contributed by atoms with Crippen LogP contribution in [0.2, 0.25) is 0 Å². The minimum Gasteiger partial charge on any atom is -0.384 e. The molecule has 1 saturated heterocycles. The Labute approximate surface area is 231 Å². The van der Waals surface area contributed by atoms with Crippen LogP contribution >= 0.6 is 0 Å². The van der Waals surface area contributed by atoms with Crippen molar-refractivity contribution in [3.05, 3.63) is 94.0 Å². The number of piperidine rings is 1. The molecular formula is C33H39N3O3. The smallest absolute Gasteiger partial charge is 0.354 e. The Morgan fingerprint density at radius 2 is 1.69 bits per heavy atom. The van der Waals surface area contributed by atoms with Crippen molar-refractivity contribution in [2.24, 2.45) is 5.16 Å². The van der Waals surface area contributed by atoms with Crippen LogP contribution in [0.15, 0.2) is 65.8 Å². The monoisotopic (exact) mass is 525 g/mol. The van der Waals surface area contributed by atoms with Gasteiger partial charge in [0.2, 0.25) is 0 Å². The average Bonchev–Trinajstić information content (AvgIpc) is 3.28. The first kappa shape index (κ1) is 27.3. The molecule has 5 rings (SSSR count). The number of likely N-dealkylation sites (tertiary alicyclic amines) is 1. The third-order valence-corrected chi connectivity index (χ3v) is 8.46. The van der Waals surface area contributed by atoms with Crippen molar-refractivity contribution in [1.82, 2.24) is 10.2 Å². The summed E-state index contributed by atoms with van der Waals surface area (Å²) in [5, 5.41) is 18.9. The minimum absolute atomic E-state index is 0.0640. The summed E-state index contributed by atoms with van der Waals surface area (Å²) >= 11 is 0. The van der Waals surface area contributed by atoms with Gasteiger partial charge in [-0.05, 0) is 117 Å². The molecule has 0 bridgehead atoms. The first-order chi connectivity index (χ1) is 18.7. The van der Waals surface area contributed by atoms with Crippen LogP contribution in [0.3, 0.4) is 0 Å². The Bertz CT molecular complexity index is 1410. The highest BCUT2D eigenvalue weighted by atomic mass is 16.7. The second kappa shape index (κ2) is 11.0. The molecular weight excluding hydrogens is 486 g/mol. The summed E-state index contributed by atoms with van der Waals surface area (Å²) in [5.41, 5.74) is 8.19. The van der Waals surface area contributed by atoms with Crippen LogP contribution in [0.4, 0.5) is 0 Å². The van der Waals surface area contributed by atoms with Gasteiger partial charge in [0.25, 0.3) is 0 Å². The van der Waals surface area contributed by atoms with E-state index >= 15 is 0 Å². The fourth-order valence-electron chi connectivity index (χ4n) is 5.90. The number of benzene rings is 3. The number of carbonyl (C=O) groups is 1. The largest absolute Gasteiger partial charge is 0.384 e. The summed E-state index contributed by atoms with van der Waals surface area (Å²) in [4.78, 5) is 20.6. The van der Waals surface area contributed by atoms with Crippen molar-refractivity contribution < 1.29 is 14.7 Å². The van der Waals surface area contributed by atoms with Crippen LogP contribution in [-0.2, 0) is 9.63 Å². The molecule has 0 radical (unpaired) electrons. The Balaban J connectivity index is 1.42. The first-order valence-corrected chi connectivity index (χ1v) is 13.9. The van der Waals surface area contributed by atoms with Gasteiger partial charge >= 0.3 is 5.97 Å². The SMILES string of the molecule is CNC1c2ccc(/C(C)=N/OC(=O)C(C)(C)N3CCCCC3)cc2-c2cc(C(O)c3ccccc3C)ccc21. The van der Waals surface area contributed by atoms with E-state index in [1.807, 2.05) is 71.1 Å². The number of aliphatic hydroxyl groups excluding tert-OH is 1. The molecule has 2 N–H and O–H groups in total. The summed E-state index contributed by atoms with van der Waals surface area (Å²) in [7, 11) is 1.96. The maximum atomic E-state index is 13.0. The molecule has 2 atom stereocenters. The lowest BCUT2D eigenvalue weighted by atomic mass is 9.94. The van der Waals surface area contributed by atoms with Gasteiger partial charge < -0.3 is 15.3 Å². The van der Waals surface area contributed by atoms with Crippen molar-refractivity contribution in [3.8, 4) is 11.1 Å². The van der Waals surface area contributed by atoms with Crippen LogP contribution in [0, 0.1) is 6.92 Å². The van der Waals surface area contributed by atoms with Gasteiger partial charge in [-0.2, -0.15) is 0 Å². The number of aryl methyl sites for hydroxylation is 1. The molecule has 0 amide bonds. The van der Waals surface area contributed by atoms with Crippen LogP contribution in [0.25, 0.3) is 11.1 Å². The predicted octanol–water partition coefficient (Wildman–Crippen LogP) is 5.90. The summed E-state index contributed by atoms with van der Waals surface area (Å²) < 4.78 is 0. The van der Waals surface area contributed by atoms with Crippen molar-refractivity contribution >= 4 is 11.7 Å². The number of aliphatic hydroxyl groups is 1. The molecule has 2 unspecified atom stereocenters. The van der Waals surface area contributed by atoms with E-state index in [1.165, 1.54) is 17.5 Å². The molecule has 1 heterocycles. The predicted molar refractivity (Wildman–Crippen MR) is 156 cm³/mol. The Morgan fingerprint density at radius 3 is 2.38 bits per heavy atom. The Morgan fingerprint density at radius 1 is 1.03 bits per heavy atom. The van der Waals surface area contributed by atoms with Crippen molar-refractivity contribution in [1.29, 1.82) is 0 Å². The van der Waals surface area contributed by atoms with E-state index in [-0.39, 0.29) is 12.0 Å². The molecule has 204 valence electrons. The Hall–Kier alpha value is -3.32. The van der Waals surface area contributed by atoms with Crippen LogP contribution in [0.5, 0.6) is 0 Å². The maximum absolute atomic E-state index is 13.0. The molecule has 0 spiro atoms. The van der Waals surface area contributed by atoms with Crippen LogP contribution < -0.4 is 5.32 Å². The third kappa shape index (κ3) is 5.17. The van der Waals surface area contributed by atoms with Crippen LogP contribution in [0.1, 0.15) is 85.6 Å². The molecule has 1 aliphatic carbocycles. The normalized spacial score (nSPS) is 18.4. The second-order valence-electron chi connectivity index (χ2n) is 11.3. The molecule has 3 aromatic rings. The lowest BCUT2D eigenvalue weighted by Gasteiger charge is -2.38. The standard InChI is InChI=1S/C33H39N3O3/c1-21-11-7-8-12-25(21)31(37)24-14-16-27-29(20-24)28-19-23(13-15-26(28)30(27)34-5)22(2)35-39-32(38)33(3,4)36-17-9-6-10-18-36/h7-8,11-16,19-20,30-31,34,37H,6,9-10,17-18H2,1-5H3/b35-22+. The zero-order valence-corrected chi connectivity index (χ0v) is 23.6. The van der Waals surface area contributed by atoms with Gasteiger partial charge in [-0.25, -0.2) is 4.79 Å². The number of hydrogen-bond donors (Lipinski definition) is 2. The summed E-state index contributed by atoms with van der Waals surface area (Å²) in [6, 6.07) is 20.5. The second-order valence-corrected chi connectivity index (χ2v) is 11.3. The lowest BCUT2D eigenvalue weighted by Crippen LogP contribution is -2.52. The van der Waals surface area contributed by atoms with E-state index in [1.54, 1.807) is 0 Å². The van der Waals surface area contributed by atoms with E-state index in [0.29, 0.717) is 5.71 Å². The van der Waals surface area contributed by atoms with E-state index in [2.05, 4.69) is 39.6 Å². The summed E-state index contributed by atoms with van der Waals surface area (Å²) in [5.74, 6) is -0.333. The summed E-state index contributed by atoms with van der Waals surface area (Å²) in [6.45, 7) is 9.53. The van der Waals surface area contributed by atoms with Gasteiger partial charge in [-0.15, -0.1) is 0 Å². The Kier molecular flexibility index (Phi) is 7.72. The topological polar surface area (TPSA) is 74.2 Å². The molecule has 6 nitrogen and oxygen atoms in total. The highest BCUT2D eigenvalue weighted by molar-refractivity contribution is 6.00. The zero-order valence-electron chi connectivity index (χ0n) is 23.6. The van der Waals surface area contributed by atoms with Crippen molar-refractivity contribution in [3.63, 3.8) is 0 Å². The molecule has 3 aromatic carbocycles. The number of oxime groups is 1. The van der Waals surface area contributed by atoms with E-state index in [9.17, 15) is 9.90 Å². The maximum Gasteiger partial charge on any atom is 0.354 e. The number of nitrogens with one attached hydrogen (secondary N) is 1. The number of rotatable bonds is 7. The lowest BCUT2D eigenvalue weighted by molar-refractivity contribution is -0.157. The van der Waals surface area contributed by atoms with Gasteiger partial charge in [-0.3, -0.25) is 4.90 Å². The zero-order chi connectivity index (χ0) is 27.7. The molecule has 39 heavy (non-hydrogen) atoms. The fraction of sp³-hybridized carbons (Fsp3) is 0.394. The third-order valence-electron chi connectivity index (χ3n) is 8.46. The number of carbonyl (C=O) groups excluding carboxylic acids is 1. The molecule has 0 saturated carbocycles. The molecule has 2 aliphatic rings. The number of nitrogens with zero attached hydrogens (tertiary/aromatic N) is 2. The van der Waals surface area contributed by atoms with E-state index < -0.39 is 11.6 Å². The number of fused-ring (bicyclic) bond motifs is 3. The fourth-order valence-corrected chi connectivity index (χ4v) is 5.90. The summed E-state index contributed by atoms with van der Waals surface area (Å²) in [6.07, 6.45) is 2.71. The molecule has 1 aliphatic heterocycles. The molecule has 0 aromatic heterocycles. The molecule has 1 fully saturated rings. The molecule has 6 heteroatoms. The average molecular weight is 526 g/mol. The minimum atomic E-state index is -0.713. The highest BCUT2D eigenvalue weighted by Crippen LogP contribution is 2.45. The van der Waals surface area contributed by atoms with Gasteiger partial charge in [0.1, 0.15) is 11.6 Å². The van der Waals surface area contributed by atoms with Gasteiger partial charge in [0.05, 0.1) is 11.8 Å². The number of hydrogen-bond acceptors (Lipinski definition) is 6. The van der Waals surface area contributed by atoms with Crippen LogP contribution in [-0.4, -0.2) is 47.4 Å². The van der Waals surface area contributed by atoms with Crippen molar-refractivity contribution in [2.75, 3.05) is 20.1 Å². The first-order valence-electron chi connectivity index (χ1n) is 13.9. The highest BCUT2D eigenvalue weighted by Gasteiger charge is 2.37.